The first-order valence-electron chi connectivity index (χ1n) is 6.70. The first-order chi connectivity index (χ1) is 9.15. The molecular weight excluding hydrogens is 242 g/mol. The fourth-order valence-electron chi connectivity index (χ4n) is 2.79. The number of hydrogen-bond acceptors (Lipinski definition) is 3. The van der Waals surface area contributed by atoms with E-state index in [-0.39, 0.29) is 6.04 Å². The van der Waals surface area contributed by atoms with Gasteiger partial charge in [0.1, 0.15) is 6.04 Å². The van der Waals surface area contributed by atoms with E-state index in [0.717, 1.165) is 30.5 Å². The molecule has 0 bridgehead atoms. The molecule has 2 rings (SSSR count). The Hall–Kier alpha value is -1.39. The van der Waals surface area contributed by atoms with Gasteiger partial charge in [0.15, 0.2) is 0 Å². The summed E-state index contributed by atoms with van der Waals surface area (Å²) in [6.07, 6.45) is 1.76. The largest absolute Gasteiger partial charge is 0.480 e. The minimum Gasteiger partial charge on any atom is -0.480 e. The van der Waals surface area contributed by atoms with Crippen molar-refractivity contribution in [1.29, 1.82) is 0 Å². The molecule has 4 nitrogen and oxygen atoms in total. The smallest absolute Gasteiger partial charge is 0.325 e. The molecule has 2 unspecified atom stereocenters. The van der Waals surface area contributed by atoms with E-state index in [1.54, 1.807) is 7.11 Å². The second-order valence-electron chi connectivity index (χ2n) is 5.06. The van der Waals surface area contributed by atoms with Gasteiger partial charge in [-0.2, -0.15) is 0 Å². The number of hydrogen-bond donors (Lipinski definition) is 1. The normalized spacial score (nSPS) is 20.8. The van der Waals surface area contributed by atoms with Crippen LogP contribution in [-0.4, -0.2) is 42.3 Å². The molecule has 0 amide bonds. The van der Waals surface area contributed by atoms with Crippen molar-refractivity contribution in [3.8, 4) is 0 Å². The Bertz CT molecular complexity index is 447. The predicted octanol–water partition coefficient (Wildman–Crippen LogP) is 2.10. The average molecular weight is 263 g/mol. The van der Waals surface area contributed by atoms with Crippen LogP contribution < -0.4 is 0 Å². The van der Waals surface area contributed by atoms with Crippen LogP contribution in [0.3, 0.4) is 0 Å². The van der Waals surface area contributed by atoms with Crippen LogP contribution in [0.1, 0.15) is 30.5 Å². The van der Waals surface area contributed by atoms with E-state index in [1.807, 2.05) is 24.3 Å². The van der Waals surface area contributed by atoms with Crippen molar-refractivity contribution in [2.45, 2.75) is 31.8 Å². The number of nitrogens with zero attached hydrogens (tertiary/aromatic N) is 1. The molecule has 0 radical (unpaired) electrons. The number of carboxylic acid groups (broad SMARTS) is 1. The molecule has 4 heteroatoms. The van der Waals surface area contributed by atoms with E-state index in [4.69, 9.17) is 4.74 Å². The van der Waals surface area contributed by atoms with E-state index in [1.165, 1.54) is 0 Å². The topological polar surface area (TPSA) is 49.8 Å². The number of ether oxygens (including phenoxy) is 1. The summed E-state index contributed by atoms with van der Waals surface area (Å²) in [5, 5.41) is 9.56. The number of methoxy groups -OCH3 is 1. The van der Waals surface area contributed by atoms with Crippen LogP contribution in [0.5, 0.6) is 0 Å². The van der Waals surface area contributed by atoms with Crippen molar-refractivity contribution in [2.24, 2.45) is 0 Å². The molecule has 1 N–H and O–H groups in total. The van der Waals surface area contributed by atoms with Gasteiger partial charge in [0, 0.05) is 26.3 Å². The molecule has 2 atom stereocenters. The maximum atomic E-state index is 11.6. The third kappa shape index (κ3) is 2.96. The summed E-state index contributed by atoms with van der Waals surface area (Å²) in [5.74, 6) is -0.767. The van der Waals surface area contributed by atoms with Gasteiger partial charge in [-0.15, -0.1) is 0 Å². The summed E-state index contributed by atoms with van der Waals surface area (Å²) in [6.45, 7) is 3.52. The summed E-state index contributed by atoms with van der Waals surface area (Å²) in [7, 11) is 1.67. The molecule has 1 aliphatic rings. The van der Waals surface area contributed by atoms with Gasteiger partial charge in [0.05, 0.1) is 0 Å². The molecule has 0 spiro atoms. The minimum atomic E-state index is -0.767. The van der Waals surface area contributed by atoms with E-state index in [0.29, 0.717) is 6.61 Å². The van der Waals surface area contributed by atoms with Gasteiger partial charge < -0.3 is 9.84 Å². The maximum Gasteiger partial charge on any atom is 0.325 e. The number of benzene rings is 1. The van der Waals surface area contributed by atoms with E-state index in [9.17, 15) is 9.90 Å². The molecule has 19 heavy (non-hydrogen) atoms. The zero-order valence-corrected chi connectivity index (χ0v) is 11.5. The highest BCUT2D eigenvalue weighted by molar-refractivity contribution is 5.76. The Morgan fingerprint density at radius 3 is 2.95 bits per heavy atom. The van der Waals surface area contributed by atoms with Gasteiger partial charge >= 0.3 is 5.97 Å². The van der Waals surface area contributed by atoms with E-state index >= 15 is 0 Å². The standard InChI is InChI=1S/C15H21NO3/c1-11(8-10-19-2)16-9-7-12-5-3-4-6-13(12)14(16)15(17)18/h3-6,11,14H,7-10H2,1-2H3,(H,17,18). The van der Waals surface area contributed by atoms with Crippen LogP contribution in [0, 0.1) is 0 Å². The van der Waals surface area contributed by atoms with E-state index in [2.05, 4.69) is 11.8 Å². The predicted molar refractivity (Wildman–Crippen MR) is 73.2 cm³/mol. The van der Waals surface area contributed by atoms with Gasteiger partial charge in [0.25, 0.3) is 0 Å². The molecule has 104 valence electrons. The second kappa shape index (κ2) is 6.17. The lowest BCUT2D eigenvalue weighted by molar-refractivity contribution is -0.145. The molecular formula is C15H21NO3. The number of carboxylic acids is 1. The molecule has 0 aromatic heterocycles. The van der Waals surface area contributed by atoms with Crippen LogP contribution in [0.15, 0.2) is 24.3 Å². The molecule has 1 heterocycles. The van der Waals surface area contributed by atoms with Crippen LogP contribution >= 0.6 is 0 Å². The Morgan fingerprint density at radius 2 is 2.26 bits per heavy atom. The summed E-state index contributed by atoms with van der Waals surface area (Å²) in [6, 6.07) is 7.53. The average Bonchev–Trinajstić information content (AvgIpc) is 2.43. The highest BCUT2D eigenvalue weighted by atomic mass is 16.5. The van der Waals surface area contributed by atoms with Crippen molar-refractivity contribution < 1.29 is 14.6 Å². The SMILES string of the molecule is COCCC(C)N1CCc2ccccc2C1C(=O)O. The fraction of sp³-hybridized carbons (Fsp3) is 0.533. The molecule has 1 aromatic carbocycles. The number of aliphatic carboxylic acids is 1. The monoisotopic (exact) mass is 263 g/mol. The lowest BCUT2D eigenvalue weighted by Gasteiger charge is -2.38. The summed E-state index contributed by atoms with van der Waals surface area (Å²) in [4.78, 5) is 13.7. The first kappa shape index (κ1) is 14.0. The highest BCUT2D eigenvalue weighted by Crippen LogP contribution is 2.32. The third-order valence-electron chi connectivity index (χ3n) is 3.86. The Labute approximate surface area is 114 Å². The molecule has 0 aliphatic carbocycles. The zero-order valence-electron chi connectivity index (χ0n) is 11.5. The number of fused-ring (bicyclic) bond motifs is 1. The third-order valence-corrected chi connectivity index (χ3v) is 3.86. The van der Waals surface area contributed by atoms with Gasteiger partial charge in [0.2, 0.25) is 0 Å². The van der Waals surface area contributed by atoms with Crippen molar-refractivity contribution in [3.05, 3.63) is 35.4 Å². The van der Waals surface area contributed by atoms with Gasteiger partial charge in [-0.1, -0.05) is 24.3 Å². The van der Waals surface area contributed by atoms with Gasteiger partial charge in [-0.3, -0.25) is 9.69 Å². The van der Waals surface area contributed by atoms with Crippen molar-refractivity contribution in [1.82, 2.24) is 4.90 Å². The van der Waals surface area contributed by atoms with Gasteiger partial charge in [-0.25, -0.2) is 0 Å². The first-order valence-corrected chi connectivity index (χ1v) is 6.70. The minimum absolute atomic E-state index is 0.203. The van der Waals surface area contributed by atoms with Crippen LogP contribution in [0.4, 0.5) is 0 Å². The van der Waals surface area contributed by atoms with E-state index < -0.39 is 12.0 Å². The van der Waals surface area contributed by atoms with Crippen molar-refractivity contribution in [3.63, 3.8) is 0 Å². The lowest BCUT2D eigenvalue weighted by atomic mass is 9.91. The van der Waals surface area contributed by atoms with Crippen LogP contribution in [-0.2, 0) is 16.0 Å². The Kier molecular flexibility index (Phi) is 4.56. The quantitative estimate of drug-likeness (QED) is 0.884. The maximum absolute atomic E-state index is 11.6. The van der Waals surface area contributed by atoms with Crippen LogP contribution in [0.25, 0.3) is 0 Å². The molecule has 0 saturated carbocycles. The zero-order chi connectivity index (χ0) is 13.8. The van der Waals surface area contributed by atoms with Gasteiger partial charge in [-0.05, 0) is 30.9 Å². The lowest BCUT2D eigenvalue weighted by Crippen LogP contribution is -2.45. The molecule has 1 aromatic rings. The summed E-state index contributed by atoms with van der Waals surface area (Å²) >= 11 is 0. The Morgan fingerprint density at radius 1 is 1.53 bits per heavy atom. The summed E-state index contributed by atoms with van der Waals surface area (Å²) < 4.78 is 5.09. The Balaban J connectivity index is 2.24. The molecule has 1 aliphatic heterocycles. The molecule has 0 fully saturated rings. The second-order valence-corrected chi connectivity index (χ2v) is 5.06. The van der Waals surface area contributed by atoms with Crippen LogP contribution in [0.2, 0.25) is 0 Å². The highest BCUT2D eigenvalue weighted by Gasteiger charge is 2.34. The molecule has 0 saturated heterocycles. The van der Waals surface area contributed by atoms with Crippen molar-refractivity contribution in [2.75, 3.05) is 20.3 Å². The fourth-order valence-corrected chi connectivity index (χ4v) is 2.79. The summed E-state index contributed by atoms with van der Waals surface area (Å²) in [5.41, 5.74) is 2.09. The number of rotatable bonds is 5. The van der Waals surface area contributed by atoms with Crippen molar-refractivity contribution >= 4 is 5.97 Å². The number of carbonyl (C=O) groups is 1.